The molecule has 0 bridgehead atoms. The van der Waals surface area contributed by atoms with Crippen LogP contribution in [0, 0.1) is 28.7 Å². The fourth-order valence-electron chi connectivity index (χ4n) is 3.32. The molecule has 0 aliphatic carbocycles. The topological polar surface area (TPSA) is 101 Å². The number of sulfonamides is 1. The Balaban J connectivity index is 1.70. The van der Waals surface area contributed by atoms with Gasteiger partial charge >= 0.3 is 0 Å². The van der Waals surface area contributed by atoms with Crippen LogP contribution in [0.4, 0.5) is 29.2 Å². The number of amides is 1. The monoisotopic (exact) mass is 532 g/mol. The number of carbonyl (C=O) groups excluding carboxylic acids is 1. The molecule has 4 rings (SSSR count). The molecule has 1 heterocycles. The van der Waals surface area contributed by atoms with Crippen LogP contribution in [0.3, 0.4) is 0 Å². The summed E-state index contributed by atoms with van der Waals surface area (Å²) in [7, 11) is -4.74. The highest BCUT2D eigenvalue weighted by molar-refractivity contribution is 7.92. The maximum Gasteiger partial charge on any atom is 0.265 e. The predicted octanol–water partition coefficient (Wildman–Crippen LogP) is 5.64. The maximum absolute atomic E-state index is 15.4. The molecule has 0 aliphatic heterocycles. The number of anilines is 2. The van der Waals surface area contributed by atoms with Gasteiger partial charge in [-0.3, -0.25) is 14.8 Å². The molecule has 192 valence electrons. The molecule has 0 saturated heterocycles. The van der Waals surface area contributed by atoms with Crippen molar-refractivity contribution >= 4 is 38.5 Å². The number of nitrogens with zero attached hydrogens (tertiary/aromatic N) is 2. The molecule has 0 spiro atoms. The third-order valence-electron chi connectivity index (χ3n) is 5.29. The largest absolute Gasteiger partial charge is 0.294 e. The second-order valence-corrected chi connectivity index (χ2v) is 10.8. The summed E-state index contributed by atoms with van der Waals surface area (Å²) < 4.78 is 84.6. The molecule has 0 fully saturated rings. The lowest BCUT2D eigenvalue weighted by molar-refractivity contribution is -0.123. The fraction of sp³-hybridized carbons (Fsp3) is 0.160. The van der Waals surface area contributed by atoms with Gasteiger partial charge in [-0.15, -0.1) is 0 Å². The summed E-state index contributed by atoms with van der Waals surface area (Å²) in [4.78, 5) is 19.4. The van der Waals surface area contributed by atoms with Crippen LogP contribution in [0.25, 0.3) is 22.0 Å². The minimum atomic E-state index is -4.74. The summed E-state index contributed by atoms with van der Waals surface area (Å²) in [6.07, 6.45) is 1.36. The number of hydrogen-bond acceptors (Lipinski definition) is 5. The number of aromatic nitrogens is 2. The molecule has 12 heteroatoms. The molecule has 0 atom stereocenters. The fourth-order valence-corrected chi connectivity index (χ4v) is 4.47. The van der Waals surface area contributed by atoms with Crippen LogP contribution in [0.15, 0.2) is 59.6 Å². The molecule has 0 unspecified atom stereocenters. The predicted molar refractivity (Wildman–Crippen MR) is 130 cm³/mol. The molecular weight excluding hydrogens is 512 g/mol. The van der Waals surface area contributed by atoms with Crippen molar-refractivity contribution < 1.29 is 30.8 Å². The molecule has 0 radical (unpaired) electrons. The van der Waals surface area contributed by atoms with Gasteiger partial charge in [-0.2, -0.15) is 0 Å². The summed E-state index contributed by atoms with van der Waals surface area (Å²) in [6.45, 7) is 5.17. The lowest BCUT2D eigenvalue weighted by Crippen LogP contribution is -2.28. The van der Waals surface area contributed by atoms with Crippen molar-refractivity contribution in [1.29, 1.82) is 0 Å². The van der Waals surface area contributed by atoms with E-state index in [9.17, 15) is 26.4 Å². The Morgan fingerprint density at radius 2 is 1.62 bits per heavy atom. The first-order valence-corrected chi connectivity index (χ1v) is 12.3. The zero-order valence-electron chi connectivity index (χ0n) is 19.7. The molecule has 4 aromatic rings. The van der Waals surface area contributed by atoms with E-state index in [0.717, 1.165) is 18.2 Å². The smallest absolute Gasteiger partial charge is 0.265 e. The molecular formula is C25H20F4N4O3S. The average Bonchev–Trinajstić information content (AvgIpc) is 2.82. The Bertz CT molecular complexity index is 1650. The summed E-state index contributed by atoms with van der Waals surface area (Å²) in [6, 6.07) is 7.66. The van der Waals surface area contributed by atoms with E-state index in [1.807, 2.05) is 4.72 Å². The van der Waals surface area contributed by atoms with E-state index in [4.69, 9.17) is 0 Å². The molecule has 0 aliphatic rings. The Morgan fingerprint density at radius 3 is 2.32 bits per heavy atom. The molecule has 0 saturated carbocycles. The summed E-state index contributed by atoms with van der Waals surface area (Å²) >= 11 is 0. The van der Waals surface area contributed by atoms with Crippen molar-refractivity contribution in [2.75, 3.05) is 10.0 Å². The minimum Gasteiger partial charge on any atom is -0.294 e. The molecule has 37 heavy (non-hydrogen) atoms. The highest BCUT2D eigenvalue weighted by Crippen LogP contribution is 2.33. The van der Waals surface area contributed by atoms with Gasteiger partial charge in [0.2, 0.25) is 11.9 Å². The second-order valence-electron chi connectivity index (χ2n) is 9.14. The lowest BCUT2D eigenvalue weighted by atomic mass is 9.96. The first-order valence-electron chi connectivity index (χ1n) is 10.8. The van der Waals surface area contributed by atoms with E-state index < -0.39 is 54.9 Å². The van der Waals surface area contributed by atoms with E-state index in [-0.39, 0.29) is 17.4 Å². The van der Waals surface area contributed by atoms with Crippen LogP contribution in [0.2, 0.25) is 0 Å². The van der Waals surface area contributed by atoms with Crippen molar-refractivity contribution in [2.45, 2.75) is 25.7 Å². The van der Waals surface area contributed by atoms with Crippen LogP contribution in [0.1, 0.15) is 20.8 Å². The van der Waals surface area contributed by atoms with E-state index in [2.05, 4.69) is 15.3 Å². The molecule has 1 aromatic heterocycles. The van der Waals surface area contributed by atoms with E-state index >= 15 is 4.39 Å². The van der Waals surface area contributed by atoms with Crippen molar-refractivity contribution in [3.05, 3.63) is 78.0 Å². The van der Waals surface area contributed by atoms with E-state index in [0.29, 0.717) is 23.0 Å². The molecule has 7 nitrogen and oxygen atoms in total. The van der Waals surface area contributed by atoms with Crippen LogP contribution in [-0.2, 0) is 14.8 Å². The summed E-state index contributed by atoms with van der Waals surface area (Å²) in [5, 5.41) is 2.98. The maximum atomic E-state index is 15.4. The van der Waals surface area contributed by atoms with Crippen LogP contribution >= 0.6 is 0 Å². The first-order chi connectivity index (χ1) is 17.3. The van der Waals surface area contributed by atoms with Gasteiger partial charge in [0.25, 0.3) is 10.0 Å². The zero-order valence-corrected chi connectivity index (χ0v) is 20.6. The number of nitrogens with one attached hydrogen (secondary N) is 2. The van der Waals surface area contributed by atoms with Gasteiger partial charge in [0, 0.05) is 17.0 Å². The van der Waals surface area contributed by atoms with Crippen molar-refractivity contribution in [1.82, 2.24) is 9.97 Å². The van der Waals surface area contributed by atoms with Crippen LogP contribution in [-0.4, -0.2) is 24.3 Å². The average molecular weight is 533 g/mol. The van der Waals surface area contributed by atoms with Gasteiger partial charge in [0.05, 0.1) is 16.8 Å². The van der Waals surface area contributed by atoms with Gasteiger partial charge in [0.1, 0.15) is 22.3 Å². The second kappa shape index (κ2) is 9.43. The minimum absolute atomic E-state index is 0.0376. The summed E-state index contributed by atoms with van der Waals surface area (Å²) in [5.41, 5.74) is -1.49. The molecule has 3 aromatic carbocycles. The number of halogens is 4. The van der Waals surface area contributed by atoms with Crippen LogP contribution < -0.4 is 10.0 Å². The normalized spacial score (nSPS) is 12.0. The Hall–Kier alpha value is -4.06. The van der Waals surface area contributed by atoms with Gasteiger partial charge in [-0.1, -0.05) is 26.8 Å². The Labute approximate surface area is 209 Å². The SMILES string of the molecule is CC(C)(C)C(=O)Nc1ncc2cc(-c3c(F)ccc(NS(=O)(=O)c4cc(F)ccc4F)c3F)ccc2n1. The van der Waals surface area contributed by atoms with E-state index in [1.165, 1.54) is 24.4 Å². The standard InChI is InChI=1S/C25H20F4N4O3S/c1-25(2,3)23(34)32-24-30-12-14-10-13(4-8-18(14)31-24)21-17(28)7-9-19(22(21)29)33-37(35,36)20-11-15(26)5-6-16(20)27/h4-12,33H,1-3H3,(H,30,31,32,34). The molecule has 1 amide bonds. The van der Waals surface area contributed by atoms with Gasteiger partial charge in [0.15, 0.2) is 5.82 Å². The number of benzene rings is 3. The number of fused-ring (bicyclic) bond motifs is 1. The van der Waals surface area contributed by atoms with Crippen LogP contribution in [0.5, 0.6) is 0 Å². The van der Waals surface area contributed by atoms with Crippen molar-refractivity contribution in [3.63, 3.8) is 0 Å². The quantitative estimate of drug-likeness (QED) is 0.324. The van der Waals surface area contributed by atoms with E-state index in [1.54, 1.807) is 20.8 Å². The first kappa shape index (κ1) is 26.0. The van der Waals surface area contributed by atoms with Crippen molar-refractivity contribution in [3.8, 4) is 11.1 Å². The Kier molecular flexibility index (Phi) is 6.63. The number of rotatable bonds is 5. The van der Waals surface area contributed by atoms with Gasteiger partial charge in [-0.05, 0) is 48.0 Å². The highest BCUT2D eigenvalue weighted by atomic mass is 32.2. The third-order valence-corrected chi connectivity index (χ3v) is 6.67. The third kappa shape index (κ3) is 5.38. The van der Waals surface area contributed by atoms with Gasteiger partial charge < -0.3 is 0 Å². The highest BCUT2D eigenvalue weighted by Gasteiger charge is 2.25. The molecule has 2 N–H and O–H groups in total. The number of hydrogen-bond donors (Lipinski definition) is 2. The van der Waals surface area contributed by atoms with Crippen molar-refractivity contribution in [2.24, 2.45) is 5.41 Å². The zero-order chi connectivity index (χ0) is 27.1. The summed E-state index contributed by atoms with van der Waals surface area (Å²) in [5.74, 6) is -4.77. The lowest BCUT2D eigenvalue weighted by Gasteiger charge is -2.16. The number of carbonyl (C=O) groups is 1. The Morgan fingerprint density at radius 1 is 0.919 bits per heavy atom. The van der Waals surface area contributed by atoms with Gasteiger partial charge in [-0.25, -0.2) is 35.9 Å².